The predicted molar refractivity (Wildman–Crippen MR) is 88.1 cm³/mol. The molecule has 1 aliphatic rings. The van der Waals surface area contributed by atoms with Gasteiger partial charge in [-0.1, -0.05) is 0 Å². The van der Waals surface area contributed by atoms with Crippen LogP contribution in [0.3, 0.4) is 0 Å². The number of nitrogens with one attached hydrogen (secondary N) is 1. The number of pyridine rings is 1. The molecule has 0 atom stereocenters. The highest BCUT2D eigenvalue weighted by Gasteiger charge is 2.08. The van der Waals surface area contributed by atoms with E-state index in [0.29, 0.717) is 0 Å². The number of rotatable bonds is 2. The minimum atomic E-state index is 0. The molecule has 0 amide bonds. The zero-order chi connectivity index (χ0) is 14.5. The van der Waals surface area contributed by atoms with E-state index in [-0.39, 0.29) is 2.85 Å². The molecular weight excluding hydrogens is 250 g/mol. The molecule has 110 valence electrons. The Morgan fingerprint density at radius 2 is 2.25 bits per heavy atom. The van der Waals surface area contributed by atoms with Gasteiger partial charge in [0.05, 0.1) is 0 Å². The topological polar surface area (TPSA) is 70.3 Å². The van der Waals surface area contributed by atoms with Crippen LogP contribution in [0.2, 0.25) is 0 Å². The number of allylic oxidation sites excluding steroid dienone is 1. The van der Waals surface area contributed by atoms with Crippen LogP contribution in [0, 0.1) is 6.92 Å². The molecule has 0 saturated carbocycles. The second kappa shape index (κ2) is 6.34. The maximum absolute atomic E-state index is 4.50. The Morgan fingerprint density at radius 3 is 3.00 bits per heavy atom. The lowest BCUT2D eigenvalue weighted by molar-refractivity contribution is 0.465. The minimum absolute atomic E-state index is 0. The van der Waals surface area contributed by atoms with Crippen molar-refractivity contribution in [2.45, 2.75) is 13.3 Å². The third kappa shape index (κ3) is 3.05. The van der Waals surface area contributed by atoms with E-state index in [9.17, 15) is 0 Å². The number of hydrogen-bond acceptors (Lipinski definition) is 4. The van der Waals surface area contributed by atoms with Gasteiger partial charge in [-0.15, -0.1) is 0 Å². The van der Waals surface area contributed by atoms with Crippen molar-refractivity contribution in [2.75, 3.05) is 20.8 Å². The van der Waals surface area contributed by atoms with Crippen LogP contribution in [0.15, 0.2) is 35.2 Å². The summed E-state index contributed by atoms with van der Waals surface area (Å²) in [7, 11) is 3.54. The molecule has 0 fully saturated rings. The summed E-state index contributed by atoms with van der Waals surface area (Å²) in [4.78, 5) is 14.0. The van der Waals surface area contributed by atoms with Gasteiger partial charge in [-0.2, -0.15) is 0 Å². The van der Waals surface area contributed by atoms with E-state index in [0.717, 1.165) is 18.7 Å². The van der Waals surface area contributed by atoms with Gasteiger partial charge in [-0.25, -0.2) is 4.98 Å². The summed E-state index contributed by atoms with van der Waals surface area (Å²) in [5.74, 6) is 0. The summed E-state index contributed by atoms with van der Waals surface area (Å²) < 4.78 is 0. The van der Waals surface area contributed by atoms with Crippen molar-refractivity contribution in [3.63, 3.8) is 0 Å². The summed E-state index contributed by atoms with van der Waals surface area (Å²) in [5.41, 5.74) is 9.14. The SMILES string of the molecule is CN.Cc1cnc2[nH]cc(CC3=CN(C)CN=C3)c2c1.[HH].[HH]. The Morgan fingerprint density at radius 1 is 1.45 bits per heavy atom. The molecular formula is C15H25N5. The number of aromatic amines is 1. The van der Waals surface area contributed by atoms with Gasteiger partial charge >= 0.3 is 0 Å². The number of nitrogens with zero attached hydrogens (tertiary/aromatic N) is 3. The van der Waals surface area contributed by atoms with Crippen LogP contribution in [0.4, 0.5) is 0 Å². The zero-order valence-corrected chi connectivity index (χ0v) is 12.2. The largest absolute Gasteiger partial charge is 0.361 e. The van der Waals surface area contributed by atoms with Gasteiger partial charge < -0.3 is 15.6 Å². The summed E-state index contributed by atoms with van der Waals surface area (Å²) in [6, 6.07) is 2.18. The molecule has 5 heteroatoms. The van der Waals surface area contributed by atoms with Crippen molar-refractivity contribution in [1.29, 1.82) is 0 Å². The smallest absolute Gasteiger partial charge is 0.137 e. The Hall–Kier alpha value is -2.14. The fourth-order valence-electron chi connectivity index (χ4n) is 2.26. The van der Waals surface area contributed by atoms with E-state index in [1.807, 2.05) is 25.7 Å². The number of hydrogen-bond donors (Lipinski definition) is 2. The van der Waals surface area contributed by atoms with Crippen molar-refractivity contribution < 1.29 is 2.85 Å². The van der Waals surface area contributed by atoms with Gasteiger partial charge in [0.25, 0.3) is 0 Å². The van der Waals surface area contributed by atoms with Gasteiger partial charge in [-0.3, -0.25) is 4.99 Å². The molecule has 0 unspecified atom stereocenters. The first kappa shape index (κ1) is 14.3. The molecule has 0 spiro atoms. The van der Waals surface area contributed by atoms with Crippen molar-refractivity contribution >= 4 is 17.2 Å². The Labute approximate surface area is 122 Å². The van der Waals surface area contributed by atoms with Crippen molar-refractivity contribution in [2.24, 2.45) is 10.7 Å². The van der Waals surface area contributed by atoms with Crippen molar-refractivity contribution in [3.8, 4) is 0 Å². The first-order chi connectivity index (χ1) is 9.72. The van der Waals surface area contributed by atoms with E-state index < -0.39 is 0 Å². The first-order valence-corrected chi connectivity index (χ1v) is 6.63. The van der Waals surface area contributed by atoms with Crippen LogP contribution in [0.25, 0.3) is 11.0 Å². The lowest BCUT2D eigenvalue weighted by Crippen LogP contribution is -2.16. The molecule has 5 nitrogen and oxygen atoms in total. The van der Waals surface area contributed by atoms with E-state index in [2.05, 4.69) is 44.8 Å². The zero-order valence-electron chi connectivity index (χ0n) is 12.2. The quantitative estimate of drug-likeness (QED) is 0.883. The molecule has 3 heterocycles. The number of aliphatic imine (C=N–C) groups is 1. The van der Waals surface area contributed by atoms with Crippen LogP contribution < -0.4 is 5.73 Å². The molecule has 3 N–H and O–H groups in total. The fourth-order valence-corrected chi connectivity index (χ4v) is 2.26. The van der Waals surface area contributed by atoms with Gasteiger partial charge in [0.1, 0.15) is 12.3 Å². The summed E-state index contributed by atoms with van der Waals surface area (Å²) >= 11 is 0. The highest BCUT2D eigenvalue weighted by atomic mass is 15.2. The third-order valence-electron chi connectivity index (χ3n) is 3.10. The molecule has 1 aliphatic heterocycles. The van der Waals surface area contributed by atoms with E-state index in [1.165, 1.54) is 29.1 Å². The minimum Gasteiger partial charge on any atom is -0.361 e. The highest BCUT2D eigenvalue weighted by Crippen LogP contribution is 2.20. The molecule has 0 radical (unpaired) electrons. The number of H-pyrrole nitrogens is 1. The average Bonchev–Trinajstić information content (AvgIpc) is 2.84. The molecule has 0 aromatic carbocycles. The number of aromatic nitrogens is 2. The second-order valence-corrected chi connectivity index (χ2v) is 4.81. The van der Waals surface area contributed by atoms with Crippen LogP contribution >= 0.6 is 0 Å². The Bertz CT molecular complexity index is 648. The van der Waals surface area contributed by atoms with Gasteiger partial charge in [-0.05, 0) is 36.7 Å². The monoisotopic (exact) mass is 275 g/mol. The van der Waals surface area contributed by atoms with E-state index >= 15 is 0 Å². The highest BCUT2D eigenvalue weighted by molar-refractivity contribution is 5.84. The van der Waals surface area contributed by atoms with E-state index in [1.54, 1.807) is 0 Å². The fraction of sp³-hybridized carbons (Fsp3) is 0.333. The molecule has 2 aromatic rings. The Kier molecular flexibility index (Phi) is 4.53. The van der Waals surface area contributed by atoms with Crippen LogP contribution in [0.5, 0.6) is 0 Å². The molecule has 20 heavy (non-hydrogen) atoms. The standard InChI is InChI=1S/C14H16N4.CH5N.2H2/c1-10-3-13-12(7-17-14(13)16-5-10)4-11-6-15-9-18(2)8-11;1-2;;/h3,5-8H,4,9H2,1-2H3,(H,16,17);2H2,1H3;2*1H. The summed E-state index contributed by atoms with van der Waals surface area (Å²) in [6.07, 6.45) is 8.92. The predicted octanol–water partition coefficient (Wildman–Crippen LogP) is 2.34. The summed E-state index contributed by atoms with van der Waals surface area (Å²) in [6.45, 7) is 2.82. The number of nitrogens with two attached hydrogens (primary N) is 1. The maximum atomic E-state index is 4.50. The van der Waals surface area contributed by atoms with Crippen LogP contribution in [0.1, 0.15) is 14.0 Å². The number of fused-ring (bicyclic) bond motifs is 1. The normalized spacial score (nSPS) is 14.0. The van der Waals surface area contributed by atoms with Gasteiger partial charge in [0.2, 0.25) is 0 Å². The second-order valence-electron chi connectivity index (χ2n) is 4.81. The lowest BCUT2D eigenvalue weighted by atomic mass is 10.1. The van der Waals surface area contributed by atoms with Gasteiger partial charge in [0, 0.05) is 46.5 Å². The Balaban J connectivity index is 0.00000106. The van der Waals surface area contributed by atoms with Crippen LogP contribution in [-0.4, -0.2) is 41.8 Å². The molecule has 0 bridgehead atoms. The average molecular weight is 275 g/mol. The maximum Gasteiger partial charge on any atom is 0.137 e. The van der Waals surface area contributed by atoms with Crippen molar-refractivity contribution in [1.82, 2.24) is 14.9 Å². The molecule has 2 aromatic heterocycles. The number of aryl methyl sites for hydroxylation is 1. The first-order valence-electron chi connectivity index (χ1n) is 6.63. The molecule has 3 rings (SSSR count). The lowest BCUT2D eigenvalue weighted by Gasteiger charge is -2.16. The van der Waals surface area contributed by atoms with E-state index in [4.69, 9.17) is 0 Å². The third-order valence-corrected chi connectivity index (χ3v) is 3.10. The van der Waals surface area contributed by atoms with Gasteiger partial charge in [0.15, 0.2) is 0 Å². The summed E-state index contributed by atoms with van der Waals surface area (Å²) in [5, 5.41) is 1.21. The van der Waals surface area contributed by atoms with Crippen LogP contribution in [-0.2, 0) is 6.42 Å². The van der Waals surface area contributed by atoms with Crippen molar-refractivity contribution in [3.05, 3.63) is 41.4 Å². The molecule has 0 aliphatic carbocycles. The molecule has 0 saturated heterocycles.